The fourth-order valence-electron chi connectivity index (χ4n) is 4.68. The number of phenolic OH excluding ortho intramolecular Hbond substituents is 1. The van der Waals surface area contributed by atoms with Crippen LogP contribution in [0.2, 0.25) is 0 Å². The Balaban J connectivity index is 1.29. The number of carbonyl (C=O) groups is 1. The molecule has 0 atom stereocenters. The number of halogens is 3. The fourth-order valence-corrected chi connectivity index (χ4v) is 5.40. The number of alkyl halides is 3. The zero-order chi connectivity index (χ0) is 30.7. The summed E-state index contributed by atoms with van der Waals surface area (Å²) in [6, 6.07) is 10.7. The Morgan fingerprint density at radius 2 is 1.74 bits per heavy atom. The average Bonchev–Trinajstić information content (AvgIpc) is 3.40. The predicted octanol–water partition coefficient (Wildman–Crippen LogP) is 5.76. The molecule has 4 N–H and O–H groups in total. The van der Waals surface area contributed by atoms with Gasteiger partial charge in [0, 0.05) is 44.5 Å². The van der Waals surface area contributed by atoms with Crippen molar-refractivity contribution in [2.75, 3.05) is 49.2 Å². The van der Waals surface area contributed by atoms with Gasteiger partial charge in [-0.05, 0) is 50.2 Å². The predicted molar refractivity (Wildman–Crippen MR) is 160 cm³/mol. The molecule has 2 aromatic carbocycles. The minimum atomic E-state index is -4.51. The molecule has 1 aliphatic rings. The van der Waals surface area contributed by atoms with Crippen molar-refractivity contribution >= 4 is 45.4 Å². The Morgan fingerprint density at radius 3 is 2.44 bits per heavy atom. The second kappa shape index (κ2) is 12.5. The molecule has 0 radical (unpaired) electrons. The van der Waals surface area contributed by atoms with E-state index in [1.807, 2.05) is 11.9 Å². The van der Waals surface area contributed by atoms with Gasteiger partial charge in [-0.1, -0.05) is 29.5 Å². The molecule has 14 heteroatoms. The van der Waals surface area contributed by atoms with Crippen LogP contribution in [0.3, 0.4) is 0 Å². The molecule has 1 amide bonds. The van der Waals surface area contributed by atoms with Crippen LogP contribution in [0.15, 0.2) is 48.7 Å². The monoisotopic (exact) mass is 612 g/mol. The van der Waals surface area contributed by atoms with E-state index in [-0.39, 0.29) is 23.5 Å². The van der Waals surface area contributed by atoms with Gasteiger partial charge in [0.1, 0.15) is 28.1 Å². The summed E-state index contributed by atoms with van der Waals surface area (Å²) in [5, 5.41) is 19.1. The number of piperazine rings is 1. The third-order valence-electron chi connectivity index (χ3n) is 6.97. The Hall–Kier alpha value is -4.27. The molecule has 0 spiro atoms. The molecule has 2 aromatic heterocycles. The van der Waals surface area contributed by atoms with Crippen molar-refractivity contribution in [2.45, 2.75) is 26.6 Å². The molecule has 43 heavy (non-hydrogen) atoms. The third-order valence-corrected chi connectivity index (χ3v) is 7.88. The number of thiazole rings is 1. The van der Waals surface area contributed by atoms with Crippen LogP contribution in [-0.4, -0.2) is 69.0 Å². The van der Waals surface area contributed by atoms with Crippen molar-refractivity contribution < 1.29 is 23.1 Å². The number of aryl methyl sites for hydroxylation is 2. The summed E-state index contributed by atoms with van der Waals surface area (Å²) in [7, 11) is 2.00. The van der Waals surface area contributed by atoms with Crippen LogP contribution < -0.4 is 16.0 Å². The second-order valence-corrected chi connectivity index (χ2v) is 11.4. The Morgan fingerprint density at radius 1 is 1.02 bits per heavy atom. The number of aromatic hydroxyl groups is 1. The van der Waals surface area contributed by atoms with Gasteiger partial charge in [-0.2, -0.15) is 13.2 Å². The normalized spacial score (nSPS) is 14.5. The molecule has 1 saturated heterocycles. The molecule has 5 rings (SSSR count). The number of nitrogens with zero attached hydrogens (tertiary/aromatic N) is 5. The van der Waals surface area contributed by atoms with Gasteiger partial charge in [-0.15, -0.1) is 0 Å². The number of nitrogens with one attached hydrogen (secondary N) is 3. The highest BCUT2D eigenvalue weighted by Crippen LogP contribution is 2.35. The average molecular weight is 613 g/mol. The number of carbonyl (C=O) groups excluding carboxylic acids is 1. The Labute approximate surface area is 250 Å². The van der Waals surface area contributed by atoms with Crippen molar-refractivity contribution in [3.63, 3.8) is 0 Å². The number of benzene rings is 2. The number of anilines is 5. The number of hydrogen-bond acceptors (Lipinski definition) is 10. The quantitative estimate of drug-likeness (QED) is 0.184. The van der Waals surface area contributed by atoms with E-state index < -0.39 is 17.6 Å². The highest BCUT2D eigenvalue weighted by molar-refractivity contribution is 7.17. The first-order valence-corrected chi connectivity index (χ1v) is 14.3. The first kappa shape index (κ1) is 30.2. The molecule has 0 bridgehead atoms. The summed E-state index contributed by atoms with van der Waals surface area (Å²) in [5.41, 5.74) is 0.808. The lowest BCUT2D eigenvalue weighted by atomic mass is 10.0. The molecule has 0 aliphatic carbocycles. The van der Waals surface area contributed by atoms with Crippen molar-refractivity contribution in [1.29, 1.82) is 0 Å². The lowest BCUT2D eigenvalue weighted by Gasteiger charge is -2.33. The smallest absolute Gasteiger partial charge is 0.416 e. The van der Waals surface area contributed by atoms with Crippen LogP contribution in [0.4, 0.5) is 41.3 Å². The van der Waals surface area contributed by atoms with E-state index in [0.29, 0.717) is 51.8 Å². The van der Waals surface area contributed by atoms with Crippen molar-refractivity contribution in [3.8, 4) is 5.75 Å². The number of phenols is 1. The van der Waals surface area contributed by atoms with Crippen LogP contribution in [0.5, 0.6) is 5.75 Å². The summed E-state index contributed by atoms with van der Waals surface area (Å²) < 4.78 is 42.1. The van der Waals surface area contributed by atoms with E-state index in [2.05, 4.69) is 35.8 Å². The maximum absolute atomic E-state index is 14.0. The SMILES string of the molecule is Cc1nc(Nc2ccc(CN3CCN(C)CC3)c(C(F)(F)F)c2)cc(Nc2ncc(C(=O)Nc3c(C)cccc3O)s2)n1. The molecule has 1 fully saturated rings. The van der Waals surface area contributed by atoms with Crippen molar-refractivity contribution in [3.05, 3.63) is 76.1 Å². The Bertz CT molecular complexity index is 1600. The highest BCUT2D eigenvalue weighted by atomic mass is 32.1. The van der Waals surface area contributed by atoms with Crippen molar-refractivity contribution in [2.24, 2.45) is 0 Å². The molecule has 4 aromatic rings. The van der Waals surface area contributed by atoms with Gasteiger partial charge in [-0.3, -0.25) is 9.69 Å². The number of hydrogen-bond donors (Lipinski definition) is 4. The van der Waals surface area contributed by atoms with Crippen LogP contribution in [0.25, 0.3) is 0 Å². The van der Waals surface area contributed by atoms with Gasteiger partial charge in [-0.25, -0.2) is 15.0 Å². The lowest BCUT2D eigenvalue weighted by Crippen LogP contribution is -2.44. The van der Waals surface area contributed by atoms with Crippen LogP contribution in [0.1, 0.15) is 32.2 Å². The molecule has 1 aliphatic heterocycles. The van der Waals surface area contributed by atoms with Gasteiger partial charge < -0.3 is 26.0 Å². The topological polar surface area (TPSA) is 119 Å². The van der Waals surface area contributed by atoms with Gasteiger partial charge in [0.25, 0.3) is 5.91 Å². The van der Waals surface area contributed by atoms with Crippen molar-refractivity contribution in [1.82, 2.24) is 24.8 Å². The zero-order valence-electron chi connectivity index (χ0n) is 23.8. The fraction of sp³-hybridized carbons (Fsp3) is 0.310. The summed E-state index contributed by atoms with van der Waals surface area (Å²) in [4.78, 5) is 30.1. The molecular formula is C29H31F3N8O2S. The molecule has 3 heterocycles. The minimum absolute atomic E-state index is 0.0419. The second-order valence-electron chi connectivity index (χ2n) is 10.3. The van der Waals surface area contributed by atoms with E-state index in [1.165, 1.54) is 18.3 Å². The van der Waals surface area contributed by atoms with Gasteiger partial charge in [0.15, 0.2) is 5.13 Å². The van der Waals surface area contributed by atoms with Gasteiger partial charge in [0.05, 0.1) is 17.4 Å². The number of amides is 1. The number of para-hydroxylation sites is 1. The molecule has 0 unspecified atom stereocenters. The highest BCUT2D eigenvalue weighted by Gasteiger charge is 2.34. The molecule has 226 valence electrons. The van der Waals surface area contributed by atoms with Crippen LogP contribution >= 0.6 is 11.3 Å². The maximum atomic E-state index is 14.0. The standard InChI is InChI=1S/C29H31F3N8O2S/c1-17-5-4-6-22(41)26(17)38-27(42)23-15-33-28(43-23)37-25-14-24(34-18(2)35-25)36-20-8-7-19(21(13-20)29(30,31)32)16-40-11-9-39(3)10-12-40/h4-8,13-15,41H,9-12,16H2,1-3H3,(H,38,42)(H2,33,34,35,36,37). The van der Waals surface area contributed by atoms with Crippen LogP contribution in [0, 0.1) is 13.8 Å². The van der Waals surface area contributed by atoms with E-state index in [0.717, 1.165) is 30.5 Å². The van der Waals surface area contributed by atoms with Gasteiger partial charge in [0.2, 0.25) is 0 Å². The maximum Gasteiger partial charge on any atom is 0.416 e. The summed E-state index contributed by atoms with van der Waals surface area (Å²) >= 11 is 1.07. The van der Waals surface area contributed by atoms with E-state index >= 15 is 0 Å². The van der Waals surface area contributed by atoms with E-state index in [9.17, 15) is 23.1 Å². The summed E-state index contributed by atoms with van der Waals surface area (Å²) in [6.45, 7) is 6.72. The van der Waals surface area contributed by atoms with Gasteiger partial charge >= 0.3 is 6.18 Å². The molecule has 10 nitrogen and oxygen atoms in total. The molecular weight excluding hydrogens is 581 g/mol. The lowest BCUT2D eigenvalue weighted by molar-refractivity contribution is -0.138. The minimum Gasteiger partial charge on any atom is -0.506 e. The number of likely N-dealkylation sites (N-methyl/N-ethyl adjacent to an activating group) is 1. The Kier molecular flexibility index (Phi) is 8.80. The number of aromatic nitrogens is 3. The number of rotatable bonds is 8. The first-order valence-electron chi connectivity index (χ1n) is 13.5. The van der Waals surface area contributed by atoms with E-state index in [1.54, 1.807) is 38.1 Å². The molecule has 0 saturated carbocycles. The summed E-state index contributed by atoms with van der Waals surface area (Å²) in [6.07, 6.45) is -3.12. The van der Waals surface area contributed by atoms with Crippen LogP contribution in [-0.2, 0) is 12.7 Å². The zero-order valence-corrected chi connectivity index (χ0v) is 24.6. The first-order chi connectivity index (χ1) is 20.4. The summed E-state index contributed by atoms with van der Waals surface area (Å²) in [5.74, 6) is 0.530. The van der Waals surface area contributed by atoms with E-state index in [4.69, 9.17) is 0 Å². The largest absolute Gasteiger partial charge is 0.506 e. The third kappa shape index (κ3) is 7.58.